The van der Waals surface area contributed by atoms with Gasteiger partial charge in [-0.3, -0.25) is 23.7 Å². The van der Waals surface area contributed by atoms with Gasteiger partial charge in [0.1, 0.15) is 21.5 Å². The first-order valence-corrected chi connectivity index (χ1v) is 14.4. The van der Waals surface area contributed by atoms with Crippen molar-refractivity contribution in [2.45, 2.75) is 26.2 Å². The summed E-state index contributed by atoms with van der Waals surface area (Å²) in [4.78, 5) is 48.1. The van der Waals surface area contributed by atoms with Gasteiger partial charge in [0.25, 0.3) is 11.5 Å². The minimum Gasteiger partial charge on any atom is -0.497 e. The molecule has 2 aliphatic heterocycles. The number of aromatic nitrogens is 2. The SMILES string of the molecule is CCOC(=O)C1CCN(c2nc3ccccn3c(=O)c2/C=C2\SC(=S)N(CCc3ccc(OC)cc3)C2=O)CC1. The van der Waals surface area contributed by atoms with Gasteiger partial charge in [-0.1, -0.05) is 42.2 Å². The first kappa shape index (κ1) is 27.9. The molecule has 2 aliphatic rings. The number of thioether (sulfide) groups is 1. The van der Waals surface area contributed by atoms with E-state index in [1.54, 1.807) is 43.3 Å². The van der Waals surface area contributed by atoms with Crippen molar-refractivity contribution in [1.29, 1.82) is 0 Å². The zero-order chi connectivity index (χ0) is 28.2. The van der Waals surface area contributed by atoms with Crippen molar-refractivity contribution in [3.05, 3.63) is 75.0 Å². The quantitative estimate of drug-likeness (QED) is 0.224. The molecule has 0 saturated carbocycles. The van der Waals surface area contributed by atoms with Crippen LogP contribution in [0.2, 0.25) is 0 Å². The molecule has 4 heterocycles. The lowest BCUT2D eigenvalue weighted by Crippen LogP contribution is -2.39. The van der Waals surface area contributed by atoms with E-state index in [1.165, 1.54) is 16.2 Å². The Morgan fingerprint density at radius 1 is 1.15 bits per heavy atom. The number of benzene rings is 1. The van der Waals surface area contributed by atoms with Gasteiger partial charge in [0.15, 0.2) is 0 Å². The molecule has 9 nitrogen and oxygen atoms in total. The fourth-order valence-corrected chi connectivity index (χ4v) is 6.19. The van der Waals surface area contributed by atoms with Crippen LogP contribution in [0.15, 0.2) is 58.4 Å². The molecule has 5 rings (SSSR count). The molecule has 0 spiro atoms. The molecule has 1 amide bonds. The third-order valence-corrected chi connectivity index (χ3v) is 8.47. The number of anilines is 1. The van der Waals surface area contributed by atoms with Gasteiger partial charge in [-0.15, -0.1) is 0 Å². The van der Waals surface area contributed by atoms with Gasteiger partial charge < -0.3 is 14.4 Å². The third-order valence-electron chi connectivity index (χ3n) is 7.10. The number of hydrogen-bond donors (Lipinski definition) is 0. The van der Waals surface area contributed by atoms with E-state index in [2.05, 4.69) is 0 Å². The summed E-state index contributed by atoms with van der Waals surface area (Å²) in [7, 11) is 1.62. The molecule has 0 unspecified atom stereocenters. The number of carbonyl (C=O) groups excluding carboxylic acids is 2. The van der Waals surface area contributed by atoms with Crippen molar-refractivity contribution in [3.63, 3.8) is 0 Å². The zero-order valence-corrected chi connectivity index (χ0v) is 24.0. The molecule has 2 saturated heterocycles. The Bertz CT molecular complexity index is 1530. The predicted molar refractivity (Wildman–Crippen MR) is 160 cm³/mol. The summed E-state index contributed by atoms with van der Waals surface area (Å²) in [6.45, 7) is 3.67. The number of nitrogens with zero attached hydrogens (tertiary/aromatic N) is 4. The van der Waals surface area contributed by atoms with Crippen molar-refractivity contribution < 1.29 is 19.1 Å². The number of pyridine rings is 1. The van der Waals surface area contributed by atoms with E-state index in [9.17, 15) is 14.4 Å². The summed E-state index contributed by atoms with van der Waals surface area (Å²) in [5.74, 6) is 0.680. The first-order chi connectivity index (χ1) is 19.4. The largest absolute Gasteiger partial charge is 0.497 e. The van der Waals surface area contributed by atoms with Crippen molar-refractivity contribution in [1.82, 2.24) is 14.3 Å². The topological polar surface area (TPSA) is 93.5 Å². The van der Waals surface area contributed by atoms with Crippen LogP contribution in [0.25, 0.3) is 11.7 Å². The van der Waals surface area contributed by atoms with Crippen LogP contribution in [0.4, 0.5) is 5.82 Å². The highest BCUT2D eigenvalue weighted by Gasteiger charge is 2.33. The number of esters is 1. The van der Waals surface area contributed by atoms with Gasteiger partial charge in [0.2, 0.25) is 0 Å². The maximum atomic E-state index is 13.7. The Kier molecular flexibility index (Phi) is 8.51. The van der Waals surface area contributed by atoms with E-state index in [-0.39, 0.29) is 23.4 Å². The van der Waals surface area contributed by atoms with Crippen LogP contribution in [0.3, 0.4) is 0 Å². The molecule has 0 atom stereocenters. The second kappa shape index (κ2) is 12.2. The zero-order valence-electron chi connectivity index (χ0n) is 22.4. The number of ether oxygens (including phenoxy) is 2. The Balaban J connectivity index is 1.41. The number of hydrogen-bond acceptors (Lipinski definition) is 9. The summed E-state index contributed by atoms with van der Waals surface area (Å²) in [5, 5.41) is 0. The number of fused-ring (bicyclic) bond motifs is 1. The van der Waals surface area contributed by atoms with Gasteiger partial charge >= 0.3 is 5.97 Å². The van der Waals surface area contributed by atoms with Crippen LogP contribution in [-0.4, -0.2) is 63.8 Å². The monoisotopic (exact) mass is 578 g/mol. The van der Waals surface area contributed by atoms with Crippen LogP contribution in [0, 0.1) is 5.92 Å². The van der Waals surface area contributed by atoms with E-state index >= 15 is 0 Å². The van der Waals surface area contributed by atoms with Crippen LogP contribution in [0.5, 0.6) is 5.75 Å². The lowest BCUT2D eigenvalue weighted by Gasteiger charge is -2.32. The molecule has 0 N–H and O–H groups in total. The smallest absolute Gasteiger partial charge is 0.309 e. The highest BCUT2D eigenvalue weighted by Crippen LogP contribution is 2.34. The van der Waals surface area contributed by atoms with Crippen molar-refractivity contribution in [2.75, 3.05) is 38.3 Å². The summed E-state index contributed by atoms with van der Waals surface area (Å²) < 4.78 is 12.3. The Morgan fingerprint density at radius 3 is 2.60 bits per heavy atom. The lowest BCUT2D eigenvalue weighted by molar-refractivity contribution is -0.148. The normalized spacial score (nSPS) is 17.2. The van der Waals surface area contributed by atoms with Crippen LogP contribution < -0.4 is 15.2 Å². The Labute approximate surface area is 241 Å². The van der Waals surface area contributed by atoms with Gasteiger partial charge in [0.05, 0.1) is 30.1 Å². The highest BCUT2D eigenvalue weighted by atomic mass is 32.2. The number of piperidine rings is 1. The second-order valence-electron chi connectivity index (χ2n) is 9.53. The van der Waals surface area contributed by atoms with Gasteiger partial charge in [-0.2, -0.15) is 0 Å². The number of amides is 1. The molecular weight excluding hydrogens is 548 g/mol. The number of methoxy groups -OCH3 is 1. The fourth-order valence-electron chi connectivity index (χ4n) is 4.90. The van der Waals surface area contributed by atoms with Crippen LogP contribution in [0.1, 0.15) is 30.9 Å². The van der Waals surface area contributed by atoms with Gasteiger partial charge in [-0.05, 0) is 62.1 Å². The average Bonchev–Trinajstić information content (AvgIpc) is 3.25. The van der Waals surface area contributed by atoms with E-state index < -0.39 is 0 Å². The molecule has 3 aromatic rings. The molecule has 2 aromatic heterocycles. The molecule has 0 bridgehead atoms. The van der Waals surface area contributed by atoms with Crippen LogP contribution >= 0.6 is 24.0 Å². The molecule has 11 heteroatoms. The van der Waals surface area contributed by atoms with Crippen molar-refractivity contribution in [2.24, 2.45) is 5.92 Å². The van der Waals surface area contributed by atoms with Crippen molar-refractivity contribution in [3.8, 4) is 5.75 Å². The number of thiocarbonyl (C=S) groups is 1. The Morgan fingerprint density at radius 2 is 1.90 bits per heavy atom. The maximum Gasteiger partial charge on any atom is 0.309 e. The predicted octanol–water partition coefficient (Wildman–Crippen LogP) is 3.93. The molecule has 40 heavy (non-hydrogen) atoms. The van der Waals surface area contributed by atoms with Gasteiger partial charge in [-0.25, -0.2) is 4.98 Å². The number of rotatable bonds is 8. The van der Waals surface area contributed by atoms with Crippen molar-refractivity contribution >= 4 is 57.7 Å². The minimum absolute atomic E-state index is 0.178. The van der Waals surface area contributed by atoms with Gasteiger partial charge in [0, 0.05) is 25.8 Å². The average molecular weight is 579 g/mol. The summed E-state index contributed by atoms with van der Waals surface area (Å²) in [6, 6.07) is 13.1. The van der Waals surface area contributed by atoms with E-state index in [0.29, 0.717) is 71.8 Å². The molecule has 0 aliphatic carbocycles. The summed E-state index contributed by atoms with van der Waals surface area (Å²) in [5.41, 5.74) is 1.63. The Hall–Kier alpha value is -3.70. The summed E-state index contributed by atoms with van der Waals surface area (Å²) >= 11 is 6.74. The lowest BCUT2D eigenvalue weighted by atomic mass is 9.96. The standard InChI is InChI=1S/C29H30N4O5S2/c1-3-38-28(36)20-12-15-31(16-13-20)25-22(26(34)32-14-5-4-6-24(32)30-25)18-23-27(35)33(29(39)40-23)17-11-19-7-9-21(37-2)10-8-19/h4-10,14,18,20H,3,11-13,15-17H2,1-2H3/b23-18-. The maximum absolute atomic E-state index is 13.7. The van der Waals surface area contributed by atoms with E-state index in [0.717, 1.165) is 11.3 Å². The second-order valence-corrected chi connectivity index (χ2v) is 11.2. The molecular formula is C29H30N4O5S2. The fraction of sp³-hybridized carbons (Fsp3) is 0.345. The van der Waals surface area contributed by atoms with Crippen LogP contribution in [-0.2, 0) is 20.7 Å². The molecule has 0 radical (unpaired) electrons. The third kappa shape index (κ3) is 5.75. The number of carbonyl (C=O) groups is 2. The molecule has 1 aromatic carbocycles. The van der Waals surface area contributed by atoms with E-state index in [1.807, 2.05) is 35.2 Å². The minimum atomic E-state index is -0.267. The van der Waals surface area contributed by atoms with E-state index in [4.69, 9.17) is 26.7 Å². The summed E-state index contributed by atoms with van der Waals surface area (Å²) in [6.07, 6.45) is 5.11. The highest BCUT2D eigenvalue weighted by molar-refractivity contribution is 8.26. The first-order valence-electron chi connectivity index (χ1n) is 13.2. The molecule has 208 valence electrons. The molecule has 2 fully saturated rings.